The van der Waals surface area contributed by atoms with E-state index in [1.165, 1.54) is 0 Å². The summed E-state index contributed by atoms with van der Waals surface area (Å²) in [4.78, 5) is 0. The molecule has 0 aromatic rings. The van der Waals surface area contributed by atoms with Crippen LogP contribution in [0.4, 0.5) is 0 Å². The lowest BCUT2D eigenvalue weighted by molar-refractivity contribution is 1.88. The highest BCUT2D eigenvalue weighted by molar-refractivity contribution is 9.09. The maximum atomic E-state index is 3.40. The van der Waals surface area contributed by atoms with Crippen LogP contribution in [0.5, 0.6) is 0 Å². The summed E-state index contributed by atoms with van der Waals surface area (Å²) >= 11 is 3.03. The van der Waals surface area contributed by atoms with Crippen LogP contribution in [0.1, 0.15) is 0 Å². The van der Waals surface area contributed by atoms with Crippen molar-refractivity contribution < 1.29 is 0 Å². The molecule has 0 aliphatic carbocycles. The van der Waals surface area contributed by atoms with Crippen LogP contribution < -0.4 is 0 Å². The van der Waals surface area contributed by atoms with E-state index < -0.39 is 0 Å². The third-order valence-electron chi connectivity index (χ3n) is 0. The first-order valence-electron chi connectivity index (χ1n) is 0.767. The highest BCUT2D eigenvalue weighted by atomic mass is 79.9. The van der Waals surface area contributed by atoms with Gasteiger partial charge in [0.25, 0.3) is 0 Å². The molecular weight excluding hydrogens is 128 g/mol. The van der Waals surface area contributed by atoms with Gasteiger partial charge in [-0.3, -0.25) is 0 Å². The topological polar surface area (TPSA) is 0 Å². The number of hydrogen-bond acceptors (Lipinski definition) is 0. The molecule has 0 aliphatic rings. The van der Waals surface area contributed by atoms with Gasteiger partial charge in [-0.25, -0.2) is 0 Å². The van der Waals surface area contributed by atoms with Crippen molar-refractivity contribution >= 4 is 39.0 Å². The molecule has 0 unspecified atom stereocenters. The van der Waals surface area contributed by atoms with E-state index in [0.29, 0.717) is 0 Å². The average Bonchev–Trinajstić information content (AvgIpc) is 0.918. The fraction of sp³-hybridized carbons (Fsp3) is 0.500. The van der Waals surface area contributed by atoms with E-state index in [4.69, 9.17) is 0 Å². The largest absolute Gasteiger partial charge is 0.316 e. The minimum absolute atomic E-state index is 0. The van der Waals surface area contributed by atoms with Crippen LogP contribution in [0.25, 0.3) is 0 Å². The Kier molecular flexibility index (Phi) is 19.9. The van der Waals surface area contributed by atoms with E-state index >= 15 is 0 Å². The maximum Gasteiger partial charge on any atom is 0.316 e. The van der Waals surface area contributed by atoms with Crippen LogP contribution in [-0.4, -0.2) is 28.4 Å². The number of rotatable bonds is 0. The van der Waals surface area contributed by atoms with Gasteiger partial charge in [0.15, 0.2) is 0 Å². The molecule has 1 radical (unpaired) electrons. The van der Waals surface area contributed by atoms with Gasteiger partial charge in [0, 0.05) is 5.33 Å². The Bertz CT molecular complexity index is 6.00. The monoisotopic (exact) mass is 133 g/mol. The van der Waals surface area contributed by atoms with Crippen molar-refractivity contribution in [3.63, 3.8) is 0 Å². The molecule has 0 aliphatic heterocycles. The van der Waals surface area contributed by atoms with Gasteiger partial charge in [-0.15, -0.1) is 0 Å². The van der Waals surface area contributed by atoms with Gasteiger partial charge in [0.1, 0.15) is 0 Å². The van der Waals surface area contributed by atoms with Crippen molar-refractivity contribution in [2.75, 3.05) is 5.33 Å². The van der Waals surface area contributed by atoms with Crippen molar-refractivity contribution in [1.29, 1.82) is 0 Å². The van der Waals surface area contributed by atoms with Gasteiger partial charge >= 0.3 is 23.1 Å². The van der Waals surface area contributed by atoms with E-state index in [-0.39, 0.29) is 23.1 Å². The molecule has 2 heteroatoms. The van der Waals surface area contributed by atoms with Gasteiger partial charge < -0.3 is 0 Å². The first-order chi connectivity index (χ1) is 1.41. The molecule has 0 heterocycles. The zero-order chi connectivity index (χ0) is 2.71. The molecule has 0 bridgehead atoms. The van der Waals surface area contributed by atoms with Crippen molar-refractivity contribution in [1.82, 2.24) is 0 Å². The molecule has 23 valence electrons. The summed E-state index contributed by atoms with van der Waals surface area (Å²) in [6.45, 7) is 3.40. The normalized spacial score (nSPS) is 4.50. The molecule has 0 fully saturated rings. The summed E-state index contributed by atoms with van der Waals surface area (Å²) in [5, 5.41) is 0.812. The molecule has 0 aromatic carbocycles. The fourth-order valence-corrected chi connectivity index (χ4v) is 0. The fourth-order valence-electron chi connectivity index (χ4n) is 0. The number of alkyl halides is 1. The molecule has 0 saturated carbocycles. The quantitative estimate of drug-likeness (QED) is 0.330. The lowest BCUT2D eigenvalue weighted by atomic mass is 11.0. The Morgan fingerprint density at radius 1 is 1.75 bits per heavy atom. The molecule has 0 rings (SSSR count). The molecule has 0 spiro atoms. The highest BCUT2D eigenvalue weighted by Gasteiger charge is 1.38. The van der Waals surface area contributed by atoms with Gasteiger partial charge in [0.05, 0.1) is 0 Å². The zero-order valence-electron chi connectivity index (χ0n) is 1.79. The predicted octanol–water partition coefficient (Wildman–Crippen LogP) is 0.299. The second-order valence-corrected chi connectivity index (χ2v) is 0.982. The van der Waals surface area contributed by atoms with Crippen molar-refractivity contribution in [3.8, 4) is 0 Å². The van der Waals surface area contributed by atoms with E-state index in [1.807, 2.05) is 0 Å². The molecular formula is C2H6BrMg. The lowest BCUT2D eigenvalue weighted by Gasteiger charge is -1.45. The standard InChI is InChI=1S/C2H4Br.Mg.2H/c1-2-3;;;/h1-2H2;;;. The van der Waals surface area contributed by atoms with Gasteiger partial charge in [-0.1, -0.05) is 15.9 Å². The molecule has 0 nitrogen and oxygen atoms in total. The second-order valence-electron chi connectivity index (χ2n) is 0.189. The predicted molar refractivity (Wildman–Crippen MR) is 27.7 cm³/mol. The molecule has 0 aromatic heterocycles. The Balaban J connectivity index is 0. The Hall–Kier alpha value is 1.25. The second kappa shape index (κ2) is 8.87. The summed E-state index contributed by atoms with van der Waals surface area (Å²) in [5.74, 6) is 0. The van der Waals surface area contributed by atoms with Crippen LogP contribution in [0, 0.1) is 6.92 Å². The maximum absolute atomic E-state index is 3.40. The van der Waals surface area contributed by atoms with Crippen LogP contribution >= 0.6 is 15.9 Å². The smallest absolute Gasteiger partial charge is 0.0928 e. The third-order valence-corrected chi connectivity index (χ3v) is 0. The van der Waals surface area contributed by atoms with Crippen LogP contribution in [0.2, 0.25) is 0 Å². The summed E-state index contributed by atoms with van der Waals surface area (Å²) in [7, 11) is 0. The Morgan fingerprint density at radius 3 is 1.75 bits per heavy atom. The first-order valence-corrected chi connectivity index (χ1v) is 1.89. The molecule has 0 N–H and O–H groups in total. The van der Waals surface area contributed by atoms with Crippen LogP contribution in [0.15, 0.2) is 0 Å². The SMILES string of the molecule is [CH2]CBr.[MgH2]. The summed E-state index contributed by atoms with van der Waals surface area (Å²) < 4.78 is 0. The molecule has 0 amide bonds. The number of halogens is 1. The van der Waals surface area contributed by atoms with Crippen molar-refractivity contribution in [3.05, 3.63) is 6.92 Å². The van der Waals surface area contributed by atoms with Gasteiger partial charge in [-0.05, 0) is 6.92 Å². The molecule has 0 saturated heterocycles. The summed E-state index contributed by atoms with van der Waals surface area (Å²) in [6.07, 6.45) is 0. The van der Waals surface area contributed by atoms with Gasteiger partial charge in [-0.2, -0.15) is 0 Å². The third kappa shape index (κ3) is 10.5. The van der Waals surface area contributed by atoms with Crippen LogP contribution in [0.3, 0.4) is 0 Å². The van der Waals surface area contributed by atoms with E-state index in [0.717, 1.165) is 5.33 Å². The average molecular weight is 134 g/mol. The van der Waals surface area contributed by atoms with Crippen molar-refractivity contribution in [2.45, 2.75) is 0 Å². The summed E-state index contributed by atoms with van der Waals surface area (Å²) in [5.41, 5.74) is 0. The highest BCUT2D eigenvalue weighted by Crippen LogP contribution is 1.66. The van der Waals surface area contributed by atoms with Crippen LogP contribution in [-0.2, 0) is 0 Å². The van der Waals surface area contributed by atoms with E-state index in [1.54, 1.807) is 0 Å². The summed E-state index contributed by atoms with van der Waals surface area (Å²) in [6, 6.07) is 0. The lowest BCUT2D eigenvalue weighted by Crippen LogP contribution is -1.35. The molecule has 4 heavy (non-hydrogen) atoms. The first kappa shape index (κ1) is 8.98. The Morgan fingerprint density at radius 2 is 1.75 bits per heavy atom. The minimum Gasteiger partial charge on any atom is -0.0928 e. The zero-order valence-corrected chi connectivity index (χ0v) is 3.38. The van der Waals surface area contributed by atoms with E-state index in [2.05, 4.69) is 22.9 Å². The number of hydrogen-bond donors (Lipinski definition) is 0. The molecule has 0 atom stereocenters. The van der Waals surface area contributed by atoms with Crippen molar-refractivity contribution in [2.24, 2.45) is 0 Å². The van der Waals surface area contributed by atoms with E-state index in [9.17, 15) is 0 Å². The minimum atomic E-state index is 0. The Labute approximate surface area is 51.2 Å². The van der Waals surface area contributed by atoms with Gasteiger partial charge in [0.2, 0.25) is 0 Å².